The molecule has 0 spiro atoms. The number of rotatable bonds is 5. The lowest BCUT2D eigenvalue weighted by Crippen LogP contribution is -2.26. The summed E-state index contributed by atoms with van der Waals surface area (Å²) in [5, 5.41) is 0.344. The average molecular weight is 315 g/mol. The summed E-state index contributed by atoms with van der Waals surface area (Å²) in [6.07, 6.45) is 2.03. The van der Waals surface area contributed by atoms with Crippen molar-refractivity contribution in [2.45, 2.75) is 18.2 Å². The first kappa shape index (κ1) is 14.9. The van der Waals surface area contributed by atoms with Crippen molar-refractivity contribution < 1.29 is 12.8 Å². The van der Waals surface area contributed by atoms with Crippen LogP contribution in [0.15, 0.2) is 39.8 Å². The van der Waals surface area contributed by atoms with Gasteiger partial charge in [-0.25, -0.2) is 13.1 Å². The third-order valence-electron chi connectivity index (χ3n) is 2.83. The molecule has 20 heavy (non-hydrogen) atoms. The average Bonchev–Trinajstić information content (AvgIpc) is 2.86. The molecule has 1 aromatic heterocycles. The number of nitrogen functional groups attached to an aromatic ring is 1. The van der Waals surface area contributed by atoms with Gasteiger partial charge in [0.15, 0.2) is 0 Å². The third kappa shape index (κ3) is 3.33. The second kappa shape index (κ2) is 5.87. The number of aryl methyl sites for hydroxylation is 1. The number of anilines is 1. The number of nitrogens with two attached hydrogens (primary N) is 1. The minimum atomic E-state index is -3.61. The van der Waals surface area contributed by atoms with Gasteiger partial charge in [0.25, 0.3) is 0 Å². The number of hydrogen-bond donors (Lipinski definition) is 2. The molecule has 1 heterocycles. The molecule has 108 valence electrons. The van der Waals surface area contributed by atoms with Gasteiger partial charge in [-0.3, -0.25) is 0 Å². The van der Waals surface area contributed by atoms with Crippen LogP contribution in [-0.4, -0.2) is 15.0 Å². The van der Waals surface area contributed by atoms with Crippen LogP contribution in [0.25, 0.3) is 0 Å². The van der Waals surface area contributed by atoms with Gasteiger partial charge in [-0.2, -0.15) is 0 Å². The van der Waals surface area contributed by atoms with Gasteiger partial charge in [0, 0.05) is 13.0 Å². The van der Waals surface area contributed by atoms with Crippen LogP contribution in [0.2, 0.25) is 5.02 Å². The Bertz CT molecular complexity index is 697. The molecule has 0 aliphatic heterocycles. The molecular formula is C13H15ClN2O3S. The van der Waals surface area contributed by atoms with Crippen LogP contribution >= 0.6 is 11.6 Å². The third-order valence-corrected chi connectivity index (χ3v) is 4.76. The molecule has 0 unspecified atom stereocenters. The van der Waals surface area contributed by atoms with Crippen LogP contribution in [0.5, 0.6) is 0 Å². The Hall–Kier alpha value is -1.50. The van der Waals surface area contributed by atoms with E-state index >= 15 is 0 Å². The summed E-state index contributed by atoms with van der Waals surface area (Å²) in [6, 6.07) is 6.46. The molecule has 0 atom stereocenters. The van der Waals surface area contributed by atoms with Gasteiger partial charge >= 0.3 is 0 Å². The fourth-order valence-corrected chi connectivity index (χ4v) is 3.31. The Morgan fingerprint density at radius 3 is 2.80 bits per heavy atom. The lowest BCUT2D eigenvalue weighted by molar-refractivity contribution is 0.506. The Kier molecular flexibility index (Phi) is 4.37. The first-order valence-corrected chi connectivity index (χ1v) is 7.84. The Balaban J connectivity index is 2.12. The van der Waals surface area contributed by atoms with Gasteiger partial charge in [-0.05, 0) is 36.8 Å². The Labute approximate surface area is 122 Å². The van der Waals surface area contributed by atoms with E-state index in [9.17, 15) is 8.42 Å². The highest BCUT2D eigenvalue weighted by Crippen LogP contribution is 2.26. The molecule has 7 heteroatoms. The fraction of sp³-hybridized carbons (Fsp3) is 0.231. The zero-order valence-corrected chi connectivity index (χ0v) is 12.5. The van der Waals surface area contributed by atoms with E-state index in [4.69, 9.17) is 21.8 Å². The Morgan fingerprint density at radius 2 is 2.15 bits per heavy atom. The zero-order chi connectivity index (χ0) is 14.8. The highest BCUT2D eigenvalue weighted by Gasteiger charge is 2.18. The maximum Gasteiger partial charge on any atom is 0.240 e. The highest BCUT2D eigenvalue weighted by atomic mass is 35.5. The van der Waals surface area contributed by atoms with Crippen molar-refractivity contribution in [1.29, 1.82) is 0 Å². The molecule has 0 saturated heterocycles. The van der Waals surface area contributed by atoms with Crippen LogP contribution in [0, 0.1) is 6.92 Å². The molecule has 0 radical (unpaired) electrons. The molecule has 0 aliphatic carbocycles. The molecule has 2 rings (SSSR count). The van der Waals surface area contributed by atoms with Gasteiger partial charge in [0.1, 0.15) is 5.76 Å². The summed E-state index contributed by atoms with van der Waals surface area (Å²) < 4.78 is 32.1. The maximum absolute atomic E-state index is 12.2. The molecule has 1 aromatic carbocycles. The van der Waals surface area contributed by atoms with E-state index < -0.39 is 10.0 Å². The van der Waals surface area contributed by atoms with Crippen LogP contribution in [0.4, 0.5) is 5.69 Å². The van der Waals surface area contributed by atoms with Crippen LogP contribution in [-0.2, 0) is 16.4 Å². The van der Waals surface area contributed by atoms with Gasteiger partial charge < -0.3 is 10.2 Å². The standard InChI is InChI=1S/C13H15ClN2O3S/c1-9-7-11(14)12(15)8-13(9)20(17,18)16-5-4-10-3-2-6-19-10/h2-3,6-8,16H,4-5,15H2,1H3. The lowest BCUT2D eigenvalue weighted by atomic mass is 10.2. The quantitative estimate of drug-likeness (QED) is 0.829. The summed E-state index contributed by atoms with van der Waals surface area (Å²) in [5.74, 6) is 0.722. The van der Waals surface area contributed by atoms with Crippen LogP contribution in [0.1, 0.15) is 11.3 Å². The van der Waals surface area contributed by atoms with Crippen molar-refractivity contribution in [3.05, 3.63) is 46.9 Å². The van der Waals surface area contributed by atoms with Gasteiger partial charge in [0.05, 0.1) is 21.9 Å². The number of benzene rings is 1. The summed E-state index contributed by atoms with van der Waals surface area (Å²) >= 11 is 5.86. The van der Waals surface area contributed by atoms with E-state index in [1.165, 1.54) is 12.1 Å². The van der Waals surface area contributed by atoms with E-state index in [1.807, 2.05) is 0 Å². The van der Waals surface area contributed by atoms with Crippen molar-refractivity contribution in [2.24, 2.45) is 0 Å². The highest BCUT2D eigenvalue weighted by molar-refractivity contribution is 7.89. The van der Waals surface area contributed by atoms with E-state index in [2.05, 4.69) is 4.72 Å². The van der Waals surface area contributed by atoms with Gasteiger partial charge in [-0.1, -0.05) is 11.6 Å². The zero-order valence-electron chi connectivity index (χ0n) is 10.9. The molecule has 3 N–H and O–H groups in total. The number of nitrogens with one attached hydrogen (secondary N) is 1. The van der Waals surface area contributed by atoms with Crippen molar-refractivity contribution in [3.63, 3.8) is 0 Å². The normalized spacial score (nSPS) is 11.7. The van der Waals surface area contributed by atoms with E-state index in [0.29, 0.717) is 17.0 Å². The van der Waals surface area contributed by atoms with Crippen LogP contribution in [0.3, 0.4) is 0 Å². The largest absolute Gasteiger partial charge is 0.469 e. The monoisotopic (exact) mass is 314 g/mol. The van der Waals surface area contributed by atoms with Crippen LogP contribution < -0.4 is 10.5 Å². The van der Waals surface area contributed by atoms with Crippen molar-refractivity contribution in [3.8, 4) is 0 Å². The smallest absolute Gasteiger partial charge is 0.240 e. The molecule has 0 aliphatic rings. The second-order valence-electron chi connectivity index (χ2n) is 4.37. The molecule has 5 nitrogen and oxygen atoms in total. The fourth-order valence-electron chi connectivity index (χ4n) is 1.80. The molecular weight excluding hydrogens is 300 g/mol. The molecule has 0 saturated carbocycles. The first-order chi connectivity index (χ1) is 9.40. The number of halogens is 1. The summed E-state index contributed by atoms with van der Waals surface area (Å²) in [5.41, 5.74) is 6.44. The lowest BCUT2D eigenvalue weighted by Gasteiger charge is -2.10. The Morgan fingerprint density at radius 1 is 1.40 bits per heavy atom. The maximum atomic E-state index is 12.2. The van der Waals surface area contributed by atoms with Crippen molar-refractivity contribution in [2.75, 3.05) is 12.3 Å². The predicted octanol–water partition coefficient (Wildman–Crippen LogP) is 2.34. The minimum absolute atomic E-state index is 0.138. The molecule has 0 fully saturated rings. The first-order valence-electron chi connectivity index (χ1n) is 5.98. The van der Waals surface area contributed by atoms with E-state index in [0.717, 1.165) is 5.76 Å². The van der Waals surface area contributed by atoms with Gasteiger partial charge in [0.2, 0.25) is 10.0 Å². The van der Waals surface area contributed by atoms with Crippen molar-refractivity contribution in [1.82, 2.24) is 4.72 Å². The predicted molar refractivity (Wildman–Crippen MR) is 78.2 cm³/mol. The number of hydrogen-bond acceptors (Lipinski definition) is 4. The SMILES string of the molecule is Cc1cc(Cl)c(N)cc1S(=O)(=O)NCCc1ccco1. The van der Waals surface area contributed by atoms with E-state index in [1.54, 1.807) is 25.3 Å². The minimum Gasteiger partial charge on any atom is -0.469 e. The molecule has 2 aromatic rings. The number of furan rings is 1. The van der Waals surface area contributed by atoms with E-state index in [-0.39, 0.29) is 17.1 Å². The summed E-state index contributed by atoms with van der Waals surface area (Å²) in [6.45, 7) is 1.92. The summed E-state index contributed by atoms with van der Waals surface area (Å²) in [4.78, 5) is 0.138. The van der Waals surface area contributed by atoms with Crippen molar-refractivity contribution >= 4 is 27.3 Å². The number of sulfonamides is 1. The topological polar surface area (TPSA) is 85.3 Å². The summed E-state index contributed by atoms with van der Waals surface area (Å²) in [7, 11) is -3.61. The second-order valence-corrected chi connectivity index (χ2v) is 6.51. The van der Waals surface area contributed by atoms with Gasteiger partial charge in [-0.15, -0.1) is 0 Å². The molecule has 0 amide bonds. The molecule has 0 bridgehead atoms.